The first-order valence-corrected chi connectivity index (χ1v) is 19.6. The standard InChI is InChI=1S/C42H45N3O10S/c1-41(2,3)54-39(49)43-32-36(47)45-33(38(48)53-34(27-15-9-7-10-16-27)28-17-11-8-12-18-28)30(25-56(51)37(32)45)23-29-20-21-44(35(29)46)24-26-14-13-19-31(22-26)52-40(50)55-42(4,5)6/h7-19,22-23,32,34,37H,20-21,24-25H2,1-6H3,(H,43,49)/b29-23+. The van der Waals surface area contributed by atoms with Crippen molar-refractivity contribution in [1.82, 2.24) is 15.1 Å². The van der Waals surface area contributed by atoms with Crippen molar-refractivity contribution in [3.63, 3.8) is 0 Å². The lowest BCUT2D eigenvalue weighted by Gasteiger charge is -2.49. The van der Waals surface area contributed by atoms with E-state index >= 15 is 0 Å². The third kappa shape index (κ3) is 9.36. The van der Waals surface area contributed by atoms with Crippen LogP contribution in [0.1, 0.15) is 70.8 Å². The van der Waals surface area contributed by atoms with E-state index in [9.17, 15) is 28.2 Å². The van der Waals surface area contributed by atoms with Crippen LogP contribution in [0.3, 0.4) is 0 Å². The summed E-state index contributed by atoms with van der Waals surface area (Å²) < 4.78 is 36.0. The zero-order valence-electron chi connectivity index (χ0n) is 32.1. The molecule has 294 valence electrons. The predicted molar refractivity (Wildman–Crippen MR) is 206 cm³/mol. The van der Waals surface area contributed by atoms with Crippen LogP contribution in [0.25, 0.3) is 0 Å². The first-order valence-electron chi connectivity index (χ1n) is 18.2. The molecule has 56 heavy (non-hydrogen) atoms. The Hall–Kier alpha value is -5.76. The number of β-lactam (4-membered cyclic amide) rings is 1. The molecule has 3 aromatic carbocycles. The molecule has 3 aliphatic heterocycles. The SMILES string of the molecule is CC(C)(C)OC(=O)NC1C(=O)N2C(C(=O)OC(c3ccccc3)c3ccccc3)=C(/C=C3\CCN(Cc4cccc(OC(=O)OC(C)(C)C)c4)C3=O)CS(=O)C12. The molecule has 3 atom stereocenters. The maximum absolute atomic E-state index is 14.4. The number of hydrogen-bond acceptors (Lipinski definition) is 10. The molecule has 3 amide bonds. The highest BCUT2D eigenvalue weighted by Gasteiger charge is 2.58. The molecule has 0 radical (unpaired) electrons. The van der Waals surface area contributed by atoms with E-state index < -0.39 is 63.6 Å². The lowest BCUT2D eigenvalue weighted by Crippen LogP contribution is -2.73. The Morgan fingerprint density at radius 2 is 1.50 bits per heavy atom. The fraction of sp³-hybridized carbons (Fsp3) is 0.357. The second kappa shape index (κ2) is 16.1. The number of nitrogens with zero attached hydrogens (tertiary/aromatic N) is 2. The van der Waals surface area contributed by atoms with Gasteiger partial charge in [-0.1, -0.05) is 72.8 Å². The summed E-state index contributed by atoms with van der Waals surface area (Å²) >= 11 is 0. The average Bonchev–Trinajstić information content (AvgIpc) is 3.46. The van der Waals surface area contributed by atoms with Gasteiger partial charge in [-0.3, -0.25) is 18.7 Å². The number of likely N-dealkylation sites (tertiary alicyclic amines) is 1. The first kappa shape index (κ1) is 39.9. The number of carbonyl (C=O) groups excluding carboxylic acids is 5. The molecule has 6 rings (SSSR count). The molecule has 2 fully saturated rings. The Morgan fingerprint density at radius 3 is 2.11 bits per heavy atom. The smallest absolute Gasteiger partial charge is 0.448 e. The zero-order chi connectivity index (χ0) is 40.4. The van der Waals surface area contributed by atoms with Crippen molar-refractivity contribution >= 4 is 40.8 Å². The number of amides is 3. The molecule has 3 unspecified atom stereocenters. The van der Waals surface area contributed by atoms with Crippen LogP contribution in [-0.4, -0.2) is 79.0 Å². The predicted octanol–water partition coefficient (Wildman–Crippen LogP) is 6.07. The molecule has 14 heteroatoms. The van der Waals surface area contributed by atoms with Crippen LogP contribution in [-0.2, 0) is 45.9 Å². The minimum Gasteiger partial charge on any atom is -0.448 e. The second-order valence-corrected chi connectivity index (χ2v) is 17.1. The second-order valence-electron chi connectivity index (χ2n) is 15.6. The average molecular weight is 784 g/mol. The van der Waals surface area contributed by atoms with E-state index in [-0.39, 0.29) is 35.2 Å². The number of nitrogens with one attached hydrogen (secondary N) is 1. The van der Waals surface area contributed by atoms with Crippen LogP contribution in [0.5, 0.6) is 5.75 Å². The molecule has 3 aliphatic rings. The third-order valence-corrected chi connectivity index (χ3v) is 10.5. The van der Waals surface area contributed by atoms with Crippen LogP contribution in [0.15, 0.2) is 108 Å². The monoisotopic (exact) mass is 783 g/mol. The lowest BCUT2D eigenvalue weighted by atomic mass is 10.00. The van der Waals surface area contributed by atoms with E-state index in [1.54, 1.807) is 70.7 Å². The third-order valence-electron chi connectivity index (χ3n) is 8.87. The molecule has 3 heterocycles. The number of esters is 1. The van der Waals surface area contributed by atoms with Crippen molar-refractivity contribution in [2.75, 3.05) is 12.3 Å². The maximum atomic E-state index is 14.4. The molecule has 0 spiro atoms. The Kier molecular flexibility index (Phi) is 11.5. The Morgan fingerprint density at radius 1 is 0.875 bits per heavy atom. The van der Waals surface area contributed by atoms with Crippen molar-refractivity contribution in [2.45, 2.75) is 83.2 Å². The molecule has 2 saturated heterocycles. The van der Waals surface area contributed by atoms with Crippen molar-refractivity contribution in [2.24, 2.45) is 0 Å². The van der Waals surface area contributed by atoms with Crippen LogP contribution < -0.4 is 10.1 Å². The minimum atomic E-state index is -1.79. The maximum Gasteiger partial charge on any atom is 0.514 e. The van der Waals surface area contributed by atoms with Crippen molar-refractivity contribution < 1.29 is 47.1 Å². The number of allylic oxidation sites excluding steroid dienone is 1. The summed E-state index contributed by atoms with van der Waals surface area (Å²) in [5.74, 6) is -1.77. The van der Waals surface area contributed by atoms with Crippen LogP contribution in [0.2, 0.25) is 0 Å². The molecule has 13 nitrogen and oxygen atoms in total. The summed E-state index contributed by atoms with van der Waals surface area (Å²) in [7, 11) is -1.79. The topological polar surface area (TPSA) is 158 Å². The van der Waals surface area contributed by atoms with Crippen molar-refractivity contribution in [3.05, 3.63) is 125 Å². The number of hydrogen-bond donors (Lipinski definition) is 1. The van der Waals surface area contributed by atoms with Gasteiger partial charge in [0.15, 0.2) is 6.10 Å². The van der Waals surface area contributed by atoms with E-state index in [1.165, 1.54) is 6.08 Å². The van der Waals surface area contributed by atoms with Crippen LogP contribution in [0, 0.1) is 0 Å². The molecule has 0 bridgehead atoms. The molecule has 3 aromatic rings. The van der Waals surface area contributed by atoms with Gasteiger partial charge >= 0.3 is 18.2 Å². The van der Waals surface area contributed by atoms with Gasteiger partial charge in [0.05, 0.1) is 16.6 Å². The highest BCUT2D eigenvalue weighted by molar-refractivity contribution is 7.86. The minimum absolute atomic E-state index is 0.149. The number of fused-ring (bicyclic) bond motifs is 1. The van der Waals surface area contributed by atoms with Crippen LogP contribution in [0.4, 0.5) is 9.59 Å². The van der Waals surface area contributed by atoms with E-state index in [1.807, 2.05) is 60.7 Å². The summed E-state index contributed by atoms with van der Waals surface area (Å²) in [5.41, 5.74) is 0.892. The summed E-state index contributed by atoms with van der Waals surface area (Å²) in [6.07, 6.45) is -0.735. The highest BCUT2D eigenvalue weighted by Crippen LogP contribution is 2.38. The fourth-order valence-corrected chi connectivity index (χ4v) is 8.17. The van der Waals surface area contributed by atoms with E-state index in [0.717, 1.165) is 4.90 Å². The van der Waals surface area contributed by atoms with Crippen molar-refractivity contribution in [1.29, 1.82) is 0 Å². The van der Waals surface area contributed by atoms with Crippen molar-refractivity contribution in [3.8, 4) is 5.75 Å². The highest BCUT2D eigenvalue weighted by atomic mass is 32.2. The molecule has 0 aromatic heterocycles. The summed E-state index contributed by atoms with van der Waals surface area (Å²) in [6, 6.07) is 23.8. The van der Waals surface area contributed by atoms with Gasteiger partial charge in [-0.15, -0.1) is 0 Å². The normalized spacial score (nSPS) is 20.4. The van der Waals surface area contributed by atoms with Gasteiger partial charge in [0.2, 0.25) is 5.91 Å². The molecular weight excluding hydrogens is 739 g/mol. The van der Waals surface area contributed by atoms with Gasteiger partial charge in [0, 0.05) is 18.7 Å². The number of alkyl carbamates (subject to hydrolysis) is 1. The summed E-state index contributed by atoms with van der Waals surface area (Å²) in [5, 5.41) is 1.45. The first-order chi connectivity index (χ1) is 26.5. The van der Waals surface area contributed by atoms with Gasteiger partial charge < -0.3 is 29.2 Å². The van der Waals surface area contributed by atoms with Gasteiger partial charge in [-0.25, -0.2) is 14.4 Å². The van der Waals surface area contributed by atoms with E-state index in [4.69, 9.17) is 18.9 Å². The Labute approximate surface area is 328 Å². The lowest BCUT2D eigenvalue weighted by molar-refractivity contribution is -0.153. The Bertz CT molecular complexity index is 2060. The van der Waals surface area contributed by atoms with Gasteiger partial charge in [0.1, 0.15) is 34.1 Å². The fourth-order valence-electron chi connectivity index (χ4n) is 6.54. The van der Waals surface area contributed by atoms with Crippen LogP contribution >= 0.6 is 0 Å². The molecule has 0 saturated carbocycles. The number of rotatable bonds is 9. The largest absolute Gasteiger partial charge is 0.514 e. The van der Waals surface area contributed by atoms with Gasteiger partial charge in [-0.2, -0.15) is 0 Å². The summed E-state index contributed by atoms with van der Waals surface area (Å²) in [4.78, 5) is 69.7. The summed E-state index contributed by atoms with van der Waals surface area (Å²) in [6.45, 7) is 10.8. The van der Waals surface area contributed by atoms with Gasteiger partial charge in [0.25, 0.3) is 5.91 Å². The number of carbonyl (C=O) groups is 5. The quantitative estimate of drug-likeness (QED) is 0.0888. The van der Waals surface area contributed by atoms with Gasteiger partial charge in [-0.05, 0) is 88.4 Å². The zero-order valence-corrected chi connectivity index (χ0v) is 32.9. The molecule has 1 N–H and O–H groups in total. The molecular formula is C42H45N3O10S. The molecule has 0 aliphatic carbocycles. The Balaban J connectivity index is 1.29. The van der Waals surface area contributed by atoms with E-state index in [2.05, 4.69) is 5.32 Å². The van der Waals surface area contributed by atoms with E-state index in [0.29, 0.717) is 35.2 Å². The number of ether oxygens (including phenoxy) is 4. The number of benzene rings is 3.